The van der Waals surface area contributed by atoms with Crippen LogP contribution in [-0.2, 0) is 4.74 Å². The lowest BCUT2D eigenvalue weighted by Crippen LogP contribution is -2.19. The highest BCUT2D eigenvalue weighted by Gasteiger charge is 2.07. The van der Waals surface area contributed by atoms with Gasteiger partial charge in [-0.05, 0) is 6.92 Å². The van der Waals surface area contributed by atoms with Crippen molar-refractivity contribution < 1.29 is 14.9 Å². The Morgan fingerprint density at radius 3 is 2.93 bits per heavy atom. The van der Waals surface area contributed by atoms with Gasteiger partial charge in [0.2, 0.25) is 0 Å². The number of ether oxygens (including phenoxy) is 1. The summed E-state index contributed by atoms with van der Waals surface area (Å²) in [7, 11) is 0. The lowest BCUT2D eigenvalue weighted by atomic mass is 10.4. The topological polar surface area (TPSA) is 75.5 Å². The molecule has 7 heteroatoms. The summed E-state index contributed by atoms with van der Waals surface area (Å²) in [6.07, 6.45) is -0.536. The van der Waals surface area contributed by atoms with Crippen LogP contribution in [0.2, 0.25) is 0 Å². The molecule has 0 aliphatic heterocycles. The second-order valence-corrected chi connectivity index (χ2v) is 5.30. The zero-order valence-electron chi connectivity index (χ0n) is 8.42. The standard InChI is InChI=1S/C8H14N2O3S2/c1-6-9-10-8(15-6)14-5-7(12)4-13-3-2-11/h7,11-12H,2-5H2,1H3/t7-/m0/s1. The second-order valence-electron chi connectivity index (χ2n) is 2.85. The predicted molar refractivity (Wildman–Crippen MR) is 59.3 cm³/mol. The van der Waals surface area contributed by atoms with Gasteiger partial charge in [0.25, 0.3) is 0 Å². The van der Waals surface area contributed by atoms with E-state index < -0.39 is 6.10 Å². The van der Waals surface area contributed by atoms with Crippen LogP contribution in [0.5, 0.6) is 0 Å². The second kappa shape index (κ2) is 7.13. The number of aryl methyl sites for hydroxylation is 1. The minimum atomic E-state index is -0.536. The van der Waals surface area contributed by atoms with Crippen molar-refractivity contribution in [3.63, 3.8) is 0 Å². The molecule has 1 heterocycles. The molecule has 0 unspecified atom stereocenters. The van der Waals surface area contributed by atoms with Crippen molar-refractivity contribution in [2.45, 2.75) is 17.4 Å². The molecule has 1 aromatic rings. The Labute approximate surface area is 96.5 Å². The van der Waals surface area contributed by atoms with E-state index in [-0.39, 0.29) is 19.8 Å². The van der Waals surface area contributed by atoms with E-state index >= 15 is 0 Å². The highest BCUT2D eigenvalue weighted by molar-refractivity contribution is 8.01. The minimum absolute atomic E-state index is 0.0184. The smallest absolute Gasteiger partial charge is 0.174 e. The molecule has 0 saturated heterocycles. The molecule has 0 aromatic carbocycles. The first-order chi connectivity index (χ1) is 7.22. The van der Waals surface area contributed by atoms with E-state index in [0.717, 1.165) is 9.35 Å². The molecule has 1 atom stereocenters. The molecule has 2 N–H and O–H groups in total. The molecule has 0 fully saturated rings. The number of aliphatic hydroxyl groups excluding tert-OH is 2. The van der Waals surface area contributed by atoms with Gasteiger partial charge >= 0.3 is 0 Å². The summed E-state index contributed by atoms with van der Waals surface area (Å²) in [6, 6.07) is 0. The van der Waals surface area contributed by atoms with E-state index in [1.54, 1.807) is 0 Å². The van der Waals surface area contributed by atoms with Crippen LogP contribution < -0.4 is 0 Å². The Hall–Kier alpha value is -0.210. The molecule has 0 aliphatic rings. The molecule has 0 spiro atoms. The van der Waals surface area contributed by atoms with Gasteiger partial charge in [0, 0.05) is 5.75 Å². The number of aliphatic hydroxyl groups is 2. The Morgan fingerprint density at radius 1 is 1.53 bits per heavy atom. The van der Waals surface area contributed by atoms with Gasteiger partial charge in [0.05, 0.1) is 25.9 Å². The molecule has 0 saturated carbocycles. The Balaban J connectivity index is 2.13. The Bertz CT molecular complexity index is 283. The van der Waals surface area contributed by atoms with Crippen molar-refractivity contribution in [3.8, 4) is 0 Å². The van der Waals surface area contributed by atoms with Crippen LogP contribution in [0.25, 0.3) is 0 Å². The molecule has 0 radical (unpaired) electrons. The normalized spacial score (nSPS) is 13.0. The molecule has 86 valence electrons. The maximum absolute atomic E-state index is 9.47. The number of hydrogen-bond acceptors (Lipinski definition) is 7. The molecular formula is C8H14N2O3S2. The molecule has 0 aliphatic carbocycles. The van der Waals surface area contributed by atoms with Crippen molar-refractivity contribution in [1.82, 2.24) is 10.2 Å². The van der Waals surface area contributed by atoms with Crippen molar-refractivity contribution in [3.05, 3.63) is 5.01 Å². The van der Waals surface area contributed by atoms with Crippen LogP contribution >= 0.6 is 23.1 Å². The van der Waals surface area contributed by atoms with Crippen molar-refractivity contribution in [2.75, 3.05) is 25.6 Å². The zero-order valence-corrected chi connectivity index (χ0v) is 10.1. The summed E-state index contributed by atoms with van der Waals surface area (Å²) in [5.74, 6) is 0.528. The maximum atomic E-state index is 9.47. The third kappa shape index (κ3) is 5.43. The van der Waals surface area contributed by atoms with Gasteiger partial charge in [-0.2, -0.15) is 0 Å². The van der Waals surface area contributed by atoms with Gasteiger partial charge in [-0.1, -0.05) is 23.1 Å². The van der Waals surface area contributed by atoms with Gasteiger partial charge in [-0.15, -0.1) is 10.2 Å². The van der Waals surface area contributed by atoms with Crippen LogP contribution in [0.4, 0.5) is 0 Å². The molecular weight excluding hydrogens is 236 g/mol. The number of thioether (sulfide) groups is 1. The van der Waals surface area contributed by atoms with Crippen LogP contribution in [0, 0.1) is 6.92 Å². The summed E-state index contributed by atoms with van der Waals surface area (Å²) in [6.45, 7) is 2.38. The molecule has 15 heavy (non-hydrogen) atoms. The molecule has 5 nitrogen and oxygen atoms in total. The van der Waals surface area contributed by atoms with Crippen molar-refractivity contribution >= 4 is 23.1 Å². The first-order valence-electron chi connectivity index (χ1n) is 4.52. The largest absolute Gasteiger partial charge is 0.394 e. The third-order valence-electron chi connectivity index (χ3n) is 1.45. The molecule has 1 aromatic heterocycles. The van der Waals surface area contributed by atoms with Gasteiger partial charge < -0.3 is 14.9 Å². The lowest BCUT2D eigenvalue weighted by Gasteiger charge is -2.08. The summed E-state index contributed by atoms with van der Waals surface area (Å²) in [4.78, 5) is 0. The fourth-order valence-electron chi connectivity index (χ4n) is 0.836. The van der Waals surface area contributed by atoms with E-state index in [0.29, 0.717) is 5.75 Å². The monoisotopic (exact) mass is 250 g/mol. The number of nitrogens with zero attached hydrogens (tertiary/aromatic N) is 2. The number of rotatable bonds is 7. The quantitative estimate of drug-likeness (QED) is 0.536. The highest BCUT2D eigenvalue weighted by Crippen LogP contribution is 2.22. The molecule has 0 amide bonds. The summed E-state index contributed by atoms with van der Waals surface area (Å²) >= 11 is 2.97. The van der Waals surface area contributed by atoms with E-state index in [9.17, 15) is 5.11 Å². The third-order valence-corrected chi connectivity index (χ3v) is 3.57. The fraction of sp³-hybridized carbons (Fsp3) is 0.750. The highest BCUT2D eigenvalue weighted by atomic mass is 32.2. The average molecular weight is 250 g/mol. The average Bonchev–Trinajstić information content (AvgIpc) is 2.62. The summed E-state index contributed by atoms with van der Waals surface area (Å²) in [5.41, 5.74) is 0. The lowest BCUT2D eigenvalue weighted by molar-refractivity contribution is 0.0311. The Kier molecular flexibility index (Phi) is 6.11. The first kappa shape index (κ1) is 12.9. The summed E-state index contributed by atoms with van der Waals surface area (Å²) in [5, 5.41) is 26.6. The van der Waals surface area contributed by atoms with E-state index in [2.05, 4.69) is 10.2 Å². The fourth-order valence-corrected chi connectivity index (χ4v) is 2.58. The number of hydrogen-bond donors (Lipinski definition) is 2. The van der Waals surface area contributed by atoms with E-state index in [4.69, 9.17) is 9.84 Å². The zero-order chi connectivity index (χ0) is 11.1. The minimum Gasteiger partial charge on any atom is -0.394 e. The van der Waals surface area contributed by atoms with Crippen molar-refractivity contribution in [1.29, 1.82) is 0 Å². The van der Waals surface area contributed by atoms with Crippen LogP contribution in [0.15, 0.2) is 4.34 Å². The van der Waals surface area contributed by atoms with Crippen LogP contribution in [0.3, 0.4) is 0 Å². The van der Waals surface area contributed by atoms with Gasteiger partial charge in [0.1, 0.15) is 5.01 Å². The molecule has 0 bridgehead atoms. The van der Waals surface area contributed by atoms with Crippen molar-refractivity contribution in [2.24, 2.45) is 0 Å². The van der Waals surface area contributed by atoms with Gasteiger partial charge in [-0.3, -0.25) is 0 Å². The van der Waals surface area contributed by atoms with E-state index in [1.165, 1.54) is 23.1 Å². The summed E-state index contributed by atoms with van der Waals surface area (Å²) < 4.78 is 5.85. The van der Waals surface area contributed by atoms with Gasteiger partial charge in [0.15, 0.2) is 4.34 Å². The molecule has 1 rings (SSSR count). The van der Waals surface area contributed by atoms with Crippen LogP contribution in [-0.4, -0.2) is 52.1 Å². The van der Waals surface area contributed by atoms with E-state index in [1.807, 2.05) is 6.92 Å². The van der Waals surface area contributed by atoms with Crippen LogP contribution in [0.1, 0.15) is 5.01 Å². The predicted octanol–water partition coefficient (Wildman–Crippen LogP) is 0.308. The SMILES string of the molecule is Cc1nnc(SC[C@@H](O)COCCO)s1. The number of aromatic nitrogens is 2. The van der Waals surface area contributed by atoms with Gasteiger partial charge in [-0.25, -0.2) is 0 Å². The Morgan fingerprint density at radius 2 is 2.33 bits per heavy atom. The first-order valence-corrected chi connectivity index (χ1v) is 6.32. The maximum Gasteiger partial charge on any atom is 0.174 e.